The summed E-state index contributed by atoms with van der Waals surface area (Å²) in [5, 5.41) is 17.6. The van der Waals surface area contributed by atoms with Gasteiger partial charge in [0.05, 0.1) is 17.0 Å². The molecule has 0 bridgehead atoms. The molecule has 0 saturated carbocycles. The van der Waals surface area contributed by atoms with E-state index in [0.29, 0.717) is 6.42 Å². The third-order valence-corrected chi connectivity index (χ3v) is 2.85. The lowest BCUT2D eigenvalue weighted by Gasteiger charge is -2.03. The fourth-order valence-corrected chi connectivity index (χ4v) is 1.99. The van der Waals surface area contributed by atoms with Crippen molar-refractivity contribution in [2.24, 2.45) is 0 Å². The zero-order valence-corrected chi connectivity index (χ0v) is 8.11. The summed E-state index contributed by atoms with van der Waals surface area (Å²) in [6.07, 6.45) is 0.762. The third-order valence-electron chi connectivity index (χ3n) is 1.56. The lowest BCUT2D eigenvalue weighted by molar-refractivity contribution is 0.0887. The van der Waals surface area contributed by atoms with Gasteiger partial charge in [0.2, 0.25) is 0 Å². The van der Waals surface area contributed by atoms with Crippen LogP contribution in [0.15, 0.2) is 12.1 Å². The smallest absolute Gasteiger partial charge is 0.0931 e. The molecule has 68 valence electrons. The van der Waals surface area contributed by atoms with Gasteiger partial charge in [-0.3, -0.25) is 0 Å². The highest BCUT2D eigenvalue weighted by Crippen LogP contribution is 2.22. The maximum absolute atomic E-state index is 9.05. The summed E-state index contributed by atoms with van der Waals surface area (Å²) >= 11 is 7.23. The van der Waals surface area contributed by atoms with Gasteiger partial charge < -0.3 is 10.2 Å². The van der Waals surface area contributed by atoms with Gasteiger partial charge in [-0.25, -0.2) is 0 Å². The topological polar surface area (TPSA) is 40.5 Å². The Bertz CT molecular complexity index is 237. The molecule has 2 N–H and O–H groups in total. The minimum Gasteiger partial charge on any atom is -0.394 e. The van der Waals surface area contributed by atoms with Gasteiger partial charge in [-0.15, -0.1) is 11.3 Å². The molecule has 0 aliphatic carbocycles. The Kier molecular flexibility index (Phi) is 4.01. The summed E-state index contributed by atoms with van der Waals surface area (Å²) < 4.78 is 0.767. The van der Waals surface area contributed by atoms with Crippen LogP contribution in [0.4, 0.5) is 0 Å². The van der Waals surface area contributed by atoms with Crippen LogP contribution < -0.4 is 0 Å². The molecule has 1 unspecified atom stereocenters. The molecular formula is C8H11ClO2S. The molecule has 1 aromatic heterocycles. The Hall–Kier alpha value is -0.0900. The fourth-order valence-electron chi connectivity index (χ4n) is 0.886. The predicted molar refractivity (Wildman–Crippen MR) is 50.7 cm³/mol. The first kappa shape index (κ1) is 9.99. The fraction of sp³-hybridized carbons (Fsp3) is 0.500. The van der Waals surface area contributed by atoms with Crippen molar-refractivity contribution >= 4 is 22.9 Å². The molecular weight excluding hydrogens is 196 g/mol. The molecule has 0 fully saturated rings. The molecule has 0 amide bonds. The Morgan fingerprint density at radius 2 is 2.25 bits per heavy atom. The Morgan fingerprint density at radius 3 is 2.75 bits per heavy atom. The van der Waals surface area contributed by atoms with Crippen LogP contribution in [0.2, 0.25) is 4.34 Å². The molecule has 2 nitrogen and oxygen atoms in total. The van der Waals surface area contributed by atoms with Crippen molar-refractivity contribution in [1.29, 1.82) is 0 Å². The highest BCUT2D eigenvalue weighted by Gasteiger charge is 2.03. The van der Waals surface area contributed by atoms with Crippen LogP contribution in [0.25, 0.3) is 0 Å². The van der Waals surface area contributed by atoms with Crippen molar-refractivity contribution in [2.75, 3.05) is 6.61 Å². The molecule has 0 aliphatic rings. The maximum Gasteiger partial charge on any atom is 0.0931 e. The van der Waals surface area contributed by atoms with Gasteiger partial charge in [0, 0.05) is 4.88 Å². The van der Waals surface area contributed by atoms with Crippen molar-refractivity contribution in [3.8, 4) is 0 Å². The number of hydrogen-bond donors (Lipinski definition) is 2. The number of aliphatic hydroxyl groups excluding tert-OH is 2. The first-order chi connectivity index (χ1) is 5.72. The first-order valence-electron chi connectivity index (χ1n) is 3.75. The normalized spacial score (nSPS) is 13.2. The van der Waals surface area contributed by atoms with E-state index in [1.807, 2.05) is 12.1 Å². The highest BCUT2D eigenvalue weighted by atomic mass is 35.5. The summed E-state index contributed by atoms with van der Waals surface area (Å²) in [4.78, 5) is 1.15. The van der Waals surface area contributed by atoms with Gasteiger partial charge in [-0.2, -0.15) is 0 Å². The van der Waals surface area contributed by atoms with Gasteiger partial charge in [0.25, 0.3) is 0 Å². The largest absolute Gasteiger partial charge is 0.394 e. The Balaban J connectivity index is 2.33. The van der Waals surface area contributed by atoms with Crippen LogP contribution in [0.3, 0.4) is 0 Å². The van der Waals surface area contributed by atoms with Crippen LogP contribution in [0, 0.1) is 0 Å². The van der Waals surface area contributed by atoms with E-state index in [9.17, 15) is 0 Å². The molecule has 1 heterocycles. The number of halogens is 1. The second-order valence-electron chi connectivity index (χ2n) is 2.58. The molecule has 1 aromatic rings. The molecule has 0 spiro atoms. The van der Waals surface area contributed by atoms with E-state index >= 15 is 0 Å². The zero-order chi connectivity index (χ0) is 8.97. The average molecular weight is 207 g/mol. The van der Waals surface area contributed by atoms with Crippen molar-refractivity contribution in [3.63, 3.8) is 0 Å². The second kappa shape index (κ2) is 4.82. The quantitative estimate of drug-likeness (QED) is 0.787. The first-order valence-corrected chi connectivity index (χ1v) is 4.95. The number of hydrogen-bond acceptors (Lipinski definition) is 3. The number of rotatable bonds is 4. The second-order valence-corrected chi connectivity index (χ2v) is 4.38. The number of thiophene rings is 1. The van der Waals surface area contributed by atoms with E-state index < -0.39 is 6.10 Å². The van der Waals surface area contributed by atoms with Crippen molar-refractivity contribution in [2.45, 2.75) is 18.9 Å². The summed E-state index contributed by atoms with van der Waals surface area (Å²) in [7, 11) is 0. The highest BCUT2D eigenvalue weighted by molar-refractivity contribution is 7.16. The van der Waals surface area contributed by atoms with E-state index in [4.69, 9.17) is 21.8 Å². The zero-order valence-electron chi connectivity index (χ0n) is 6.53. The van der Waals surface area contributed by atoms with Gasteiger partial charge >= 0.3 is 0 Å². The van der Waals surface area contributed by atoms with E-state index in [2.05, 4.69) is 0 Å². The van der Waals surface area contributed by atoms with Crippen molar-refractivity contribution in [3.05, 3.63) is 21.3 Å². The Morgan fingerprint density at radius 1 is 1.50 bits per heavy atom. The maximum atomic E-state index is 9.05. The SMILES string of the molecule is OCC(O)CCc1ccc(Cl)s1. The molecule has 0 saturated heterocycles. The molecule has 0 aromatic carbocycles. The van der Waals surface area contributed by atoms with Crippen LogP contribution in [-0.4, -0.2) is 22.9 Å². The lowest BCUT2D eigenvalue weighted by atomic mass is 10.2. The average Bonchev–Trinajstić information content (AvgIpc) is 2.47. The number of aryl methyl sites for hydroxylation is 1. The minimum absolute atomic E-state index is 0.168. The lowest BCUT2D eigenvalue weighted by Crippen LogP contribution is -2.12. The Labute approximate surface area is 80.4 Å². The molecule has 4 heteroatoms. The van der Waals surface area contributed by atoms with Crippen molar-refractivity contribution < 1.29 is 10.2 Å². The molecule has 0 aliphatic heterocycles. The summed E-state index contributed by atoms with van der Waals surface area (Å²) in [5.74, 6) is 0. The van der Waals surface area contributed by atoms with Gasteiger partial charge in [-0.05, 0) is 25.0 Å². The van der Waals surface area contributed by atoms with Crippen LogP contribution in [0.5, 0.6) is 0 Å². The number of aliphatic hydroxyl groups is 2. The minimum atomic E-state index is -0.606. The summed E-state index contributed by atoms with van der Waals surface area (Å²) in [6, 6.07) is 3.78. The van der Waals surface area contributed by atoms with E-state index in [0.717, 1.165) is 15.6 Å². The molecule has 0 radical (unpaired) electrons. The van der Waals surface area contributed by atoms with E-state index in [1.165, 1.54) is 11.3 Å². The summed E-state index contributed by atoms with van der Waals surface area (Å²) in [6.45, 7) is -0.168. The van der Waals surface area contributed by atoms with Gasteiger partial charge in [0.1, 0.15) is 0 Å². The predicted octanol–water partition coefficient (Wildman–Crippen LogP) is 1.69. The van der Waals surface area contributed by atoms with Crippen LogP contribution in [0.1, 0.15) is 11.3 Å². The summed E-state index contributed by atoms with van der Waals surface area (Å²) in [5.41, 5.74) is 0. The molecule has 1 atom stereocenters. The van der Waals surface area contributed by atoms with Crippen LogP contribution in [-0.2, 0) is 6.42 Å². The van der Waals surface area contributed by atoms with Crippen LogP contribution >= 0.6 is 22.9 Å². The standard InChI is InChI=1S/C8H11ClO2S/c9-8-4-3-7(12-8)2-1-6(11)5-10/h3-4,6,10-11H,1-2,5H2. The monoisotopic (exact) mass is 206 g/mol. The van der Waals surface area contributed by atoms with Gasteiger partial charge in [-0.1, -0.05) is 11.6 Å². The molecule has 1 rings (SSSR count). The van der Waals surface area contributed by atoms with E-state index in [-0.39, 0.29) is 6.61 Å². The van der Waals surface area contributed by atoms with Crippen molar-refractivity contribution in [1.82, 2.24) is 0 Å². The molecule has 12 heavy (non-hydrogen) atoms. The van der Waals surface area contributed by atoms with E-state index in [1.54, 1.807) is 0 Å². The van der Waals surface area contributed by atoms with Gasteiger partial charge in [0.15, 0.2) is 0 Å². The third kappa shape index (κ3) is 3.11.